The number of hydrogen-bond acceptors (Lipinski definition) is 5. The van der Waals surface area contributed by atoms with Crippen LogP contribution in [0.4, 0.5) is 5.82 Å². The molecule has 3 aromatic heterocycles. The number of imidazole rings is 1. The zero-order chi connectivity index (χ0) is 21.0. The van der Waals surface area contributed by atoms with E-state index in [-0.39, 0.29) is 11.5 Å². The topological polar surface area (TPSA) is 82.9 Å². The Labute approximate surface area is 181 Å². The summed E-state index contributed by atoms with van der Waals surface area (Å²) in [6.45, 7) is 5.55. The van der Waals surface area contributed by atoms with Crippen molar-refractivity contribution in [1.82, 2.24) is 29.6 Å². The summed E-state index contributed by atoms with van der Waals surface area (Å²) in [5.41, 5.74) is 2.56. The van der Waals surface area contributed by atoms with Crippen LogP contribution in [0.5, 0.6) is 0 Å². The summed E-state index contributed by atoms with van der Waals surface area (Å²) in [7, 11) is 0. The molecule has 8 nitrogen and oxygen atoms in total. The Kier molecular flexibility index (Phi) is 4.30. The van der Waals surface area contributed by atoms with Gasteiger partial charge in [0, 0.05) is 32.4 Å². The molecule has 1 saturated carbocycles. The summed E-state index contributed by atoms with van der Waals surface area (Å²) in [5.74, 6) is 2.27. The molecule has 5 heterocycles. The smallest absolute Gasteiger partial charge is 0.227 e. The standard InChI is InChI=1S/C23H29N7O/c1-16-8-14-30(27-16)23(9-10-23)22-24-18-6-7-19(25-20(18)26-22)29-13-4-5-17(15-29)21(31)28-11-2-3-12-28/h6-8,14,17H,2-5,9-13,15H2,1H3,(H,24,25,26)/t17-/m1/s1. The molecule has 2 saturated heterocycles. The van der Waals surface area contributed by atoms with Gasteiger partial charge in [0.15, 0.2) is 5.65 Å². The second kappa shape index (κ2) is 7.07. The summed E-state index contributed by atoms with van der Waals surface area (Å²) in [5, 5.41) is 4.63. The van der Waals surface area contributed by atoms with E-state index in [0.717, 1.165) is 93.2 Å². The van der Waals surface area contributed by atoms with Crippen LogP contribution in [-0.4, -0.2) is 61.7 Å². The van der Waals surface area contributed by atoms with E-state index in [0.29, 0.717) is 5.91 Å². The highest BCUT2D eigenvalue weighted by molar-refractivity contribution is 5.80. The average Bonchev–Trinajstić information content (AvgIpc) is 3.18. The molecule has 1 amide bonds. The van der Waals surface area contributed by atoms with Crippen LogP contribution in [0, 0.1) is 12.8 Å². The maximum Gasteiger partial charge on any atom is 0.227 e. The van der Waals surface area contributed by atoms with E-state index >= 15 is 0 Å². The van der Waals surface area contributed by atoms with E-state index in [1.54, 1.807) is 0 Å². The Morgan fingerprint density at radius 1 is 1.10 bits per heavy atom. The van der Waals surface area contributed by atoms with Gasteiger partial charge < -0.3 is 14.8 Å². The van der Waals surface area contributed by atoms with Gasteiger partial charge in [-0.2, -0.15) is 5.10 Å². The van der Waals surface area contributed by atoms with Crippen LogP contribution < -0.4 is 4.90 Å². The first-order chi connectivity index (χ1) is 15.1. The number of amides is 1. The Morgan fingerprint density at radius 3 is 2.68 bits per heavy atom. The number of piperidine rings is 1. The number of aromatic nitrogens is 5. The number of aryl methyl sites for hydroxylation is 1. The van der Waals surface area contributed by atoms with Crippen LogP contribution in [0.3, 0.4) is 0 Å². The lowest BCUT2D eigenvalue weighted by Gasteiger charge is -2.34. The molecule has 0 spiro atoms. The fraction of sp³-hybridized carbons (Fsp3) is 0.565. The molecule has 6 rings (SSSR count). The number of fused-ring (bicyclic) bond motifs is 1. The molecule has 0 bridgehead atoms. The summed E-state index contributed by atoms with van der Waals surface area (Å²) < 4.78 is 2.04. The first-order valence-electron chi connectivity index (χ1n) is 11.6. The summed E-state index contributed by atoms with van der Waals surface area (Å²) in [6, 6.07) is 6.17. The lowest BCUT2D eigenvalue weighted by Crippen LogP contribution is -2.44. The fourth-order valence-corrected chi connectivity index (χ4v) is 5.21. The van der Waals surface area contributed by atoms with Crippen LogP contribution in [0.25, 0.3) is 11.2 Å². The predicted molar refractivity (Wildman–Crippen MR) is 118 cm³/mol. The first kappa shape index (κ1) is 18.8. The number of pyridine rings is 1. The third-order valence-electron chi connectivity index (χ3n) is 7.17. The Bertz CT molecular complexity index is 1120. The minimum Gasteiger partial charge on any atom is -0.356 e. The molecule has 162 valence electrons. The van der Waals surface area contributed by atoms with Gasteiger partial charge in [0.25, 0.3) is 0 Å². The predicted octanol–water partition coefficient (Wildman–Crippen LogP) is 2.84. The highest BCUT2D eigenvalue weighted by Crippen LogP contribution is 2.48. The van der Waals surface area contributed by atoms with Gasteiger partial charge in [-0.1, -0.05) is 0 Å². The zero-order valence-corrected chi connectivity index (χ0v) is 18.0. The van der Waals surface area contributed by atoms with Crippen molar-refractivity contribution in [3.05, 3.63) is 35.9 Å². The number of likely N-dealkylation sites (tertiary alicyclic amines) is 1. The number of carbonyl (C=O) groups excluding carboxylic acids is 1. The lowest BCUT2D eigenvalue weighted by atomic mass is 9.96. The normalized spacial score (nSPS) is 22.9. The number of anilines is 1. The number of nitrogens with zero attached hydrogens (tertiary/aromatic N) is 6. The van der Waals surface area contributed by atoms with Crippen LogP contribution in [0.2, 0.25) is 0 Å². The SMILES string of the molecule is Cc1ccn(C2(c3nc4nc(N5CCC[C@@H](C(=O)N6CCCC6)C5)ccc4[nH]3)CC2)n1. The van der Waals surface area contributed by atoms with Crippen LogP contribution in [0.1, 0.15) is 50.0 Å². The van der Waals surface area contributed by atoms with Crippen molar-refractivity contribution in [3.63, 3.8) is 0 Å². The molecule has 3 aliphatic rings. The minimum atomic E-state index is -0.159. The summed E-state index contributed by atoms with van der Waals surface area (Å²) >= 11 is 0. The number of carbonyl (C=O) groups is 1. The van der Waals surface area contributed by atoms with Crippen molar-refractivity contribution in [2.24, 2.45) is 5.92 Å². The number of nitrogens with one attached hydrogen (secondary N) is 1. The number of aromatic amines is 1. The van der Waals surface area contributed by atoms with Crippen molar-refractivity contribution >= 4 is 22.9 Å². The van der Waals surface area contributed by atoms with Crippen molar-refractivity contribution < 1.29 is 4.79 Å². The van der Waals surface area contributed by atoms with E-state index in [4.69, 9.17) is 9.97 Å². The van der Waals surface area contributed by atoms with E-state index in [1.165, 1.54) is 0 Å². The highest BCUT2D eigenvalue weighted by Gasteiger charge is 2.50. The molecular formula is C23H29N7O. The molecule has 1 aliphatic carbocycles. The largest absolute Gasteiger partial charge is 0.356 e. The van der Waals surface area contributed by atoms with E-state index in [9.17, 15) is 4.79 Å². The molecule has 0 aromatic carbocycles. The van der Waals surface area contributed by atoms with Gasteiger partial charge in [0.1, 0.15) is 17.2 Å². The van der Waals surface area contributed by atoms with Gasteiger partial charge in [0.05, 0.1) is 17.1 Å². The van der Waals surface area contributed by atoms with Crippen LogP contribution >= 0.6 is 0 Å². The van der Waals surface area contributed by atoms with Gasteiger partial charge in [-0.25, -0.2) is 9.97 Å². The molecule has 3 aromatic rings. The van der Waals surface area contributed by atoms with Crippen LogP contribution in [0.15, 0.2) is 24.4 Å². The molecule has 3 fully saturated rings. The third kappa shape index (κ3) is 3.20. The number of rotatable bonds is 4. The zero-order valence-electron chi connectivity index (χ0n) is 18.0. The molecule has 8 heteroatoms. The molecule has 0 unspecified atom stereocenters. The number of hydrogen-bond donors (Lipinski definition) is 1. The van der Waals surface area contributed by atoms with Crippen molar-refractivity contribution in [2.75, 3.05) is 31.1 Å². The van der Waals surface area contributed by atoms with Gasteiger partial charge in [-0.3, -0.25) is 9.48 Å². The Morgan fingerprint density at radius 2 is 1.94 bits per heavy atom. The van der Waals surface area contributed by atoms with Gasteiger partial charge in [-0.05, 0) is 63.6 Å². The Balaban J connectivity index is 1.24. The third-order valence-corrected chi connectivity index (χ3v) is 7.17. The molecular weight excluding hydrogens is 390 g/mol. The quantitative estimate of drug-likeness (QED) is 0.703. The molecule has 1 atom stereocenters. The second-order valence-corrected chi connectivity index (χ2v) is 9.38. The molecule has 1 N–H and O–H groups in total. The van der Waals surface area contributed by atoms with E-state index < -0.39 is 0 Å². The van der Waals surface area contributed by atoms with Gasteiger partial charge >= 0.3 is 0 Å². The minimum absolute atomic E-state index is 0.0804. The fourth-order valence-electron chi connectivity index (χ4n) is 5.21. The first-order valence-corrected chi connectivity index (χ1v) is 11.6. The molecule has 31 heavy (non-hydrogen) atoms. The van der Waals surface area contributed by atoms with Crippen LogP contribution in [-0.2, 0) is 10.3 Å². The lowest BCUT2D eigenvalue weighted by molar-refractivity contribution is -0.134. The molecule has 2 aliphatic heterocycles. The highest BCUT2D eigenvalue weighted by atomic mass is 16.2. The average molecular weight is 420 g/mol. The van der Waals surface area contributed by atoms with Crippen molar-refractivity contribution in [2.45, 2.75) is 51.0 Å². The van der Waals surface area contributed by atoms with E-state index in [1.807, 2.05) is 23.9 Å². The summed E-state index contributed by atoms with van der Waals surface area (Å²) in [4.78, 5) is 30.5. The van der Waals surface area contributed by atoms with E-state index in [2.05, 4.69) is 32.0 Å². The number of H-pyrrole nitrogens is 1. The molecule has 0 radical (unpaired) electrons. The van der Waals surface area contributed by atoms with Crippen molar-refractivity contribution in [1.29, 1.82) is 0 Å². The van der Waals surface area contributed by atoms with Gasteiger partial charge in [-0.15, -0.1) is 0 Å². The Hall–Kier alpha value is -2.90. The maximum atomic E-state index is 12.9. The summed E-state index contributed by atoms with van der Waals surface area (Å²) in [6.07, 6.45) is 8.40. The van der Waals surface area contributed by atoms with Crippen molar-refractivity contribution in [3.8, 4) is 0 Å². The maximum absolute atomic E-state index is 12.9. The van der Waals surface area contributed by atoms with Gasteiger partial charge in [0.2, 0.25) is 5.91 Å². The second-order valence-electron chi connectivity index (χ2n) is 9.38. The monoisotopic (exact) mass is 419 g/mol.